The lowest BCUT2D eigenvalue weighted by molar-refractivity contribution is -0.123. The van der Waals surface area contributed by atoms with Gasteiger partial charge in [0.05, 0.1) is 9.79 Å². The molecule has 0 spiro atoms. The van der Waals surface area contributed by atoms with E-state index in [1.165, 1.54) is 34.1 Å². The minimum Gasteiger partial charge on any atom is -0.457 e. The summed E-state index contributed by atoms with van der Waals surface area (Å²) in [5.41, 5.74) is 1.63. The van der Waals surface area contributed by atoms with Gasteiger partial charge in [0.2, 0.25) is 11.8 Å². The zero-order valence-electron chi connectivity index (χ0n) is 46.2. The number of hydrogen-bond acceptors (Lipinski definition) is 10. The van der Waals surface area contributed by atoms with Crippen molar-refractivity contribution < 1.29 is 54.6 Å². The number of rotatable bonds is 23. The number of hydrogen-bond donors (Lipinski definition) is 4. The number of carbonyl (C=O) groups excluding carboxylic acids is 4. The normalized spacial score (nSPS) is 12.2. The van der Waals surface area contributed by atoms with Crippen LogP contribution in [0.1, 0.15) is 69.6 Å². The van der Waals surface area contributed by atoms with Crippen LogP contribution in [0, 0.1) is 0 Å². The van der Waals surface area contributed by atoms with E-state index in [9.17, 15) is 35.5 Å². The zero-order valence-corrected chi connectivity index (χ0v) is 47.8. The van der Waals surface area contributed by atoms with Crippen LogP contribution in [-0.4, -0.2) is 62.7 Å². The Kier molecular flexibility index (Phi) is 18.4. The molecule has 10 aromatic carbocycles. The third-order valence-electron chi connectivity index (χ3n) is 14.3. The molecule has 2 atom stereocenters. The van der Waals surface area contributed by atoms with Gasteiger partial charge in [-0.3, -0.25) is 38.1 Å². The number of carbonyl (C=O) groups is 4. The maximum atomic E-state index is 15.2. The van der Waals surface area contributed by atoms with Gasteiger partial charge in [-0.1, -0.05) is 146 Å². The van der Waals surface area contributed by atoms with Crippen molar-refractivity contribution in [3.8, 4) is 23.0 Å². The van der Waals surface area contributed by atoms with Crippen LogP contribution in [0.4, 0.5) is 11.4 Å². The summed E-state index contributed by atoms with van der Waals surface area (Å²) in [4.78, 5) is 62.2. The minimum atomic E-state index is -4.62. The molecular formula is C68H58N4O12S2. The quantitative estimate of drug-likeness (QED) is 0.0347. The molecule has 0 heterocycles. The predicted molar refractivity (Wildman–Crippen MR) is 330 cm³/mol. The maximum Gasteiger partial charge on any atom is 0.294 e. The fourth-order valence-electron chi connectivity index (χ4n) is 10.2. The zero-order chi connectivity index (χ0) is 60.2. The number of nitrogens with zero attached hydrogens (tertiary/aromatic N) is 2. The fourth-order valence-corrected chi connectivity index (χ4v) is 11.2. The molecule has 4 N–H and O–H groups in total. The van der Waals surface area contributed by atoms with Gasteiger partial charge in [0.15, 0.2) is 0 Å². The van der Waals surface area contributed by atoms with Gasteiger partial charge in [-0.05, 0) is 155 Å². The van der Waals surface area contributed by atoms with Crippen molar-refractivity contribution in [2.45, 2.75) is 47.6 Å². The topological polar surface area (TPSA) is 226 Å². The van der Waals surface area contributed by atoms with Crippen molar-refractivity contribution in [1.82, 2.24) is 10.6 Å². The number of anilines is 2. The lowest BCUT2D eigenvalue weighted by Crippen LogP contribution is -2.44. The van der Waals surface area contributed by atoms with E-state index in [4.69, 9.17) is 9.47 Å². The molecule has 0 aromatic heterocycles. The minimum absolute atomic E-state index is 0.165. The molecule has 2 unspecified atom stereocenters. The third-order valence-corrected chi connectivity index (χ3v) is 16.1. The van der Waals surface area contributed by atoms with E-state index in [-0.39, 0.29) is 35.6 Å². The first-order chi connectivity index (χ1) is 41.6. The highest BCUT2D eigenvalue weighted by atomic mass is 32.2. The molecule has 0 saturated heterocycles. The van der Waals surface area contributed by atoms with Crippen LogP contribution >= 0.6 is 0 Å². The average Bonchev–Trinajstić information content (AvgIpc) is 1.07. The summed E-state index contributed by atoms with van der Waals surface area (Å²) in [5, 5.41) is 8.88. The smallest absolute Gasteiger partial charge is 0.294 e. The summed E-state index contributed by atoms with van der Waals surface area (Å²) < 4.78 is 81.0. The van der Waals surface area contributed by atoms with Crippen molar-refractivity contribution in [3.05, 3.63) is 265 Å². The van der Waals surface area contributed by atoms with Crippen LogP contribution in [0.25, 0.3) is 21.5 Å². The first kappa shape index (κ1) is 59.2. The highest BCUT2D eigenvalue weighted by Gasteiger charge is 2.36. The first-order valence-electron chi connectivity index (χ1n) is 27.6. The Hall–Kier alpha value is -9.98. The van der Waals surface area contributed by atoms with E-state index in [1.54, 1.807) is 121 Å². The third kappa shape index (κ3) is 14.1. The molecule has 16 nitrogen and oxygen atoms in total. The van der Waals surface area contributed by atoms with Crippen molar-refractivity contribution >= 4 is 76.8 Å². The predicted octanol–water partition coefficient (Wildman–Crippen LogP) is 13.3. The second-order valence-corrected chi connectivity index (χ2v) is 23.0. The largest absolute Gasteiger partial charge is 0.457 e. The van der Waals surface area contributed by atoms with E-state index in [0.717, 1.165) is 35.0 Å². The Bertz CT molecular complexity index is 4020. The van der Waals surface area contributed by atoms with Crippen LogP contribution < -0.4 is 29.9 Å². The molecule has 0 aliphatic carbocycles. The van der Waals surface area contributed by atoms with Crippen molar-refractivity contribution in [2.75, 3.05) is 22.9 Å². The van der Waals surface area contributed by atoms with Gasteiger partial charge in [-0.2, -0.15) is 16.8 Å². The second-order valence-electron chi connectivity index (χ2n) is 20.1. The van der Waals surface area contributed by atoms with E-state index in [0.29, 0.717) is 70.6 Å². The van der Waals surface area contributed by atoms with Crippen LogP contribution in [0.2, 0.25) is 0 Å². The van der Waals surface area contributed by atoms with Gasteiger partial charge in [-0.15, -0.1) is 0 Å². The number of para-hydroxylation sites is 2. The van der Waals surface area contributed by atoms with Crippen LogP contribution in [0.15, 0.2) is 252 Å². The molecule has 10 aromatic rings. The van der Waals surface area contributed by atoms with Crippen molar-refractivity contribution in [3.63, 3.8) is 0 Å². The summed E-state index contributed by atoms with van der Waals surface area (Å²) in [6.07, 6.45) is 2.14. The van der Waals surface area contributed by atoms with Gasteiger partial charge < -0.3 is 20.1 Å². The van der Waals surface area contributed by atoms with E-state index in [2.05, 4.69) is 10.6 Å². The highest BCUT2D eigenvalue weighted by Crippen LogP contribution is 2.37. The summed E-state index contributed by atoms with van der Waals surface area (Å²) in [6.45, 7) is 0.343. The Morgan fingerprint density at radius 2 is 0.721 bits per heavy atom. The summed E-state index contributed by atoms with van der Waals surface area (Å²) in [5.74, 6) is -0.402. The molecule has 0 fully saturated rings. The SMILES string of the molecule is O=C(NCCCCCCNC(=O)C(c1cccc(Oc2ccccc2)c1)N(C(=O)c1cccc2ccccc12)c1ccc(S(=O)(=O)O)cc1)C(c1cccc(Oc2ccccc2)c1)N(C(=O)c1cccc2ccccc12)c1ccc(S(=O)(=O)O)cc1. The summed E-state index contributed by atoms with van der Waals surface area (Å²) >= 11 is 0. The van der Waals surface area contributed by atoms with Gasteiger partial charge in [-0.25, -0.2) is 0 Å². The van der Waals surface area contributed by atoms with Gasteiger partial charge in [0, 0.05) is 35.6 Å². The van der Waals surface area contributed by atoms with Gasteiger partial charge >= 0.3 is 0 Å². The lowest BCUT2D eigenvalue weighted by atomic mass is 9.99. The molecule has 0 bridgehead atoms. The van der Waals surface area contributed by atoms with Crippen molar-refractivity contribution in [2.24, 2.45) is 0 Å². The van der Waals surface area contributed by atoms with Crippen LogP contribution in [-0.2, 0) is 29.8 Å². The highest BCUT2D eigenvalue weighted by molar-refractivity contribution is 7.86. The maximum absolute atomic E-state index is 15.2. The molecule has 4 amide bonds. The number of fused-ring (bicyclic) bond motifs is 2. The number of benzene rings is 10. The Balaban J connectivity index is 0.889. The number of ether oxygens (including phenoxy) is 2. The fraction of sp³-hybridized carbons (Fsp3) is 0.118. The Morgan fingerprint density at radius 1 is 0.384 bits per heavy atom. The monoisotopic (exact) mass is 1190 g/mol. The Labute approximate surface area is 497 Å². The van der Waals surface area contributed by atoms with Crippen molar-refractivity contribution in [1.29, 1.82) is 0 Å². The second kappa shape index (κ2) is 26.7. The standard InChI is InChI=1S/C68H58N4O12S2/c73-65(63(49-23-15-29-55(45-49)83-53-25-5-3-6-26-53)71(51-35-39-57(40-36-51)85(77,78)79)67(75)61-33-17-21-47-19-9-11-31-59(47)61)69-43-13-1-2-14-44-70-66(74)64(50-24-16-30-56(46-50)84-54-27-7-4-8-28-54)72(52-37-41-58(42-38-52)86(80,81)82)68(76)62-34-18-22-48-20-10-12-32-60(48)62/h3-12,15-42,45-46,63-64H,1-2,13-14,43-44H2,(H,69,73)(H,70,74)(H,77,78,79)(H,80,81,82). The molecule has 0 saturated carbocycles. The molecule has 0 aliphatic heterocycles. The van der Waals surface area contributed by atoms with Gasteiger partial charge in [0.25, 0.3) is 32.1 Å². The van der Waals surface area contributed by atoms with E-state index < -0.39 is 65.7 Å². The molecule has 0 radical (unpaired) electrons. The van der Waals surface area contributed by atoms with Crippen LogP contribution in [0.3, 0.4) is 0 Å². The summed E-state index contributed by atoms with van der Waals surface area (Å²) in [6, 6.07) is 64.2. The number of nitrogens with one attached hydrogen (secondary N) is 2. The number of unbranched alkanes of at least 4 members (excludes halogenated alkanes) is 3. The van der Waals surface area contributed by atoms with E-state index >= 15 is 9.59 Å². The molecule has 0 aliphatic rings. The van der Waals surface area contributed by atoms with Gasteiger partial charge in [0.1, 0.15) is 35.1 Å². The lowest BCUT2D eigenvalue weighted by Gasteiger charge is -2.32. The molecule has 18 heteroatoms. The molecule has 10 rings (SSSR count). The van der Waals surface area contributed by atoms with E-state index in [1.807, 2.05) is 72.8 Å². The average molecular weight is 1190 g/mol. The first-order valence-corrected chi connectivity index (χ1v) is 30.5. The molecule has 86 heavy (non-hydrogen) atoms. The Morgan fingerprint density at radius 3 is 1.10 bits per heavy atom. The number of amides is 4. The van der Waals surface area contributed by atoms with Crippen LogP contribution in [0.5, 0.6) is 23.0 Å². The molecule has 434 valence electrons. The molecular weight excluding hydrogens is 1130 g/mol. The summed E-state index contributed by atoms with van der Waals surface area (Å²) in [7, 11) is -9.25.